The predicted molar refractivity (Wildman–Crippen MR) is 76.9 cm³/mol. The van der Waals surface area contributed by atoms with Crippen LogP contribution in [0.25, 0.3) is 0 Å². The van der Waals surface area contributed by atoms with Crippen LogP contribution in [0.3, 0.4) is 0 Å². The van der Waals surface area contributed by atoms with Crippen molar-refractivity contribution in [3.63, 3.8) is 0 Å². The molecule has 0 aliphatic carbocycles. The van der Waals surface area contributed by atoms with Crippen LogP contribution < -0.4 is 0 Å². The van der Waals surface area contributed by atoms with E-state index in [1.54, 1.807) is 0 Å². The second-order valence-electron chi connectivity index (χ2n) is 4.64. The number of carboxylic acids is 1. The molecule has 0 aromatic rings. The molecule has 1 N–H and O–H groups in total. The maximum absolute atomic E-state index is 10.7. The van der Waals surface area contributed by atoms with Crippen LogP contribution >= 0.6 is 0 Å². The van der Waals surface area contributed by atoms with Gasteiger partial charge in [0.15, 0.2) is 0 Å². The lowest BCUT2D eigenvalue weighted by Crippen LogP contribution is -2.06. The second-order valence-corrected chi connectivity index (χ2v) is 4.64. The number of carbonyl (C=O) groups excluding carboxylic acids is 1. The fourth-order valence-electron chi connectivity index (χ4n) is 1.22. The third-order valence-corrected chi connectivity index (χ3v) is 2.23. The van der Waals surface area contributed by atoms with Crippen molar-refractivity contribution in [1.82, 2.24) is 0 Å². The third-order valence-electron chi connectivity index (χ3n) is 2.23. The summed E-state index contributed by atoms with van der Waals surface area (Å²) in [5, 5.41) is 7.42. The molecule has 110 valence electrons. The first kappa shape index (κ1) is 19.8. The van der Waals surface area contributed by atoms with Crippen LogP contribution in [-0.4, -0.2) is 23.7 Å². The van der Waals surface area contributed by atoms with Crippen molar-refractivity contribution in [3.8, 4) is 0 Å². The molecule has 1 atom stereocenters. The molecule has 0 spiro atoms. The first-order chi connectivity index (χ1) is 8.79. The molecule has 0 radical (unpaired) electrons. The Hall–Kier alpha value is -1.58. The molecule has 0 fully saturated rings. The zero-order valence-corrected chi connectivity index (χ0v) is 12.4. The fraction of sp³-hybridized carbons (Fsp3) is 0.600. The number of esters is 1. The molecular formula is C15H26O4. The van der Waals surface area contributed by atoms with E-state index in [4.69, 9.17) is 14.6 Å². The number of hydrogen-bond donors (Lipinski definition) is 1. The van der Waals surface area contributed by atoms with Crippen LogP contribution in [0.2, 0.25) is 0 Å². The van der Waals surface area contributed by atoms with E-state index < -0.39 is 5.97 Å². The topological polar surface area (TPSA) is 63.6 Å². The molecule has 0 amide bonds. The molecular weight excluding hydrogens is 244 g/mol. The summed E-state index contributed by atoms with van der Waals surface area (Å²) in [6.45, 7) is 11.3. The number of rotatable bonds is 7. The lowest BCUT2D eigenvalue weighted by molar-refractivity contribution is -0.138. The van der Waals surface area contributed by atoms with Gasteiger partial charge in [-0.05, 0) is 39.0 Å². The van der Waals surface area contributed by atoms with Gasteiger partial charge in [0, 0.05) is 13.0 Å². The van der Waals surface area contributed by atoms with Gasteiger partial charge in [-0.25, -0.2) is 4.79 Å². The number of carbonyl (C=O) groups is 2. The lowest BCUT2D eigenvalue weighted by atomic mass is 10.0. The van der Waals surface area contributed by atoms with Gasteiger partial charge in [0.2, 0.25) is 0 Å². The monoisotopic (exact) mass is 270 g/mol. The van der Waals surface area contributed by atoms with Crippen LogP contribution in [0, 0.1) is 5.92 Å². The Morgan fingerprint density at radius 1 is 1.26 bits per heavy atom. The van der Waals surface area contributed by atoms with Gasteiger partial charge in [-0.1, -0.05) is 25.2 Å². The van der Waals surface area contributed by atoms with Crippen molar-refractivity contribution in [2.45, 2.75) is 47.0 Å². The molecule has 4 heteroatoms. The first-order valence-electron chi connectivity index (χ1n) is 6.41. The Bertz CT molecular complexity index is 297. The van der Waals surface area contributed by atoms with Gasteiger partial charge in [0.1, 0.15) is 0 Å². The minimum atomic E-state index is -0.833. The van der Waals surface area contributed by atoms with E-state index in [0.717, 1.165) is 26.2 Å². The maximum Gasteiger partial charge on any atom is 0.330 e. The summed E-state index contributed by atoms with van der Waals surface area (Å²) in [5.41, 5.74) is 1.36. The van der Waals surface area contributed by atoms with Crippen molar-refractivity contribution in [1.29, 1.82) is 0 Å². The molecule has 0 aromatic carbocycles. The highest BCUT2D eigenvalue weighted by atomic mass is 16.5. The van der Waals surface area contributed by atoms with Gasteiger partial charge in [0.05, 0.1) is 6.61 Å². The summed E-state index contributed by atoms with van der Waals surface area (Å²) in [7, 11) is 0. The van der Waals surface area contributed by atoms with E-state index in [2.05, 4.69) is 33.4 Å². The number of aliphatic carboxylic acids is 1. The molecule has 0 saturated carbocycles. The number of hydrogen-bond acceptors (Lipinski definition) is 3. The van der Waals surface area contributed by atoms with Crippen molar-refractivity contribution < 1.29 is 19.4 Å². The standard InChI is InChI=1S/C13H22O2.C2H4O2/c1-5-13(14)15-10-9-12(4)8-6-7-11(2)3;1-2(3)4/h5,7,12H,1,6,8-10H2,2-4H3;1H3,(H,3,4). The highest BCUT2D eigenvalue weighted by molar-refractivity contribution is 5.81. The van der Waals surface area contributed by atoms with E-state index in [0.29, 0.717) is 12.5 Å². The average Bonchev–Trinajstić information content (AvgIpc) is 2.27. The van der Waals surface area contributed by atoms with Crippen molar-refractivity contribution in [2.24, 2.45) is 5.92 Å². The molecule has 0 saturated heterocycles. The predicted octanol–water partition coefficient (Wildman–Crippen LogP) is 3.58. The molecule has 0 aliphatic heterocycles. The molecule has 19 heavy (non-hydrogen) atoms. The van der Waals surface area contributed by atoms with E-state index >= 15 is 0 Å². The Morgan fingerprint density at radius 3 is 2.21 bits per heavy atom. The number of allylic oxidation sites excluding steroid dienone is 2. The van der Waals surface area contributed by atoms with Gasteiger partial charge in [-0.3, -0.25) is 4.79 Å². The van der Waals surface area contributed by atoms with Crippen LogP contribution in [0.5, 0.6) is 0 Å². The van der Waals surface area contributed by atoms with E-state index in [9.17, 15) is 4.79 Å². The Balaban J connectivity index is 0. The Morgan fingerprint density at radius 2 is 1.79 bits per heavy atom. The SMILES string of the molecule is C=CC(=O)OCCC(C)CCC=C(C)C.CC(=O)O. The lowest BCUT2D eigenvalue weighted by Gasteiger charge is -2.09. The zero-order valence-electron chi connectivity index (χ0n) is 12.4. The van der Waals surface area contributed by atoms with Gasteiger partial charge < -0.3 is 9.84 Å². The fourth-order valence-corrected chi connectivity index (χ4v) is 1.22. The second kappa shape index (κ2) is 12.9. The van der Waals surface area contributed by atoms with Gasteiger partial charge in [0.25, 0.3) is 5.97 Å². The Labute approximate surface area is 116 Å². The van der Waals surface area contributed by atoms with Crippen LogP contribution in [0.4, 0.5) is 0 Å². The largest absolute Gasteiger partial charge is 0.481 e. The summed E-state index contributed by atoms with van der Waals surface area (Å²) in [6.07, 6.45) is 6.63. The van der Waals surface area contributed by atoms with Crippen molar-refractivity contribution in [2.75, 3.05) is 6.61 Å². The molecule has 4 nitrogen and oxygen atoms in total. The molecule has 0 rings (SSSR count). The highest BCUT2D eigenvalue weighted by Gasteiger charge is 2.02. The van der Waals surface area contributed by atoms with Crippen LogP contribution in [0.1, 0.15) is 47.0 Å². The molecule has 0 heterocycles. The summed E-state index contributed by atoms with van der Waals surface area (Å²) in [4.78, 5) is 19.7. The van der Waals surface area contributed by atoms with Gasteiger partial charge in [-0.15, -0.1) is 0 Å². The van der Waals surface area contributed by atoms with Crippen LogP contribution in [-0.2, 0) is 14.3 Å². The van der Waals surface area contributed by atoms with Crippen molar-refractivity contribution >= 4 is 11.9 Å². The third kappa shape index (κ3) is 22.1. The first-order valence-corrected chi connectivity index (χ1v) is 6.41. The number of carboxylic acid groups (broad SMARTS) is 1. The number of ether oxygens (including phenoxy) is 1. The highest BCUT2D eigenvalue weighted by Crippen LogP contribution is 2.11. The maximum atomic E-state index is 10.7. The average molecular weight is 270 g/mol. The molecule has 0 aliphatic rings. The summed E-state index contributed by atoms with van der Waals surface area (Å²) < 4.78 is 4.92. The molecule has 1 unspecified atom stereocenters. The quantitative estimate of drug-likeness (QED) is 0.436. The van der Waals surface area contributed by atoms with E-state index in [-0.39, 0.29) is 5.97 Å². The smallest absolute Gasteiger partial charge is 0.330 e. The van der Waals surface area contributed by atoms with Gasteiger partial charge >= 0.3 is 5.97 Å². The summed E-state index contributed by atoms with van der Waals surface area (Å²) >= 11 is 0. The Kier molecular flexibility index (Phi) is 13.4. The molecule has 0 aromatic heterocycles. The zero-order chi connectivity index (χ0) is 15.3. The summed E-state index contributed by atoms with van der Waals surface area (Å²) in [6, 6.07) is 0. The van der Waals surface area contributed by atoms with Gasteiger partial charge in [-0.2, -0.15) is 0 Å². The summed E-state index contributed by atoms with van der Waals surface area (Å²) in [5.74, 6) is -0.565. The minimum absolute atomic E-state index is 0.327. The van der Waals surface area contributed by atoms with E-state index in [1.165, 1.54) is 11.6 Å². The van der Waals surface area contributed by atoms with Crippen LogP contribution in [0.15, 0.2) is 24.3 Å². The minimum Gasteiger partial charge on any atom is -0.481 e. The van der Waals surface area contributed by atoms with Crippen molar-refractivity contribution in [3.05, 3.63) is 24.3 Å². The molecule has 0 bridgehead atoms. The van der Waals surface area contributed by atoms with E-state index in [1.807, 2.05) is 0 Å². The normalized spacial score (nSPS) is 10.5.